The molecule has 0 fully saturated rings. The first-order valence-corrected chi connectivity index (χ1v) is 5.74. The van der Waals surface area contributed by atoms with Crippen molar-refractivity contribution in [2.75, 3.05) is 32.2 Å². The third kappa shape index (κ3) is 3.63. The number of nitrogens with zero attached hydrogens (tertiary/aromatic N) is 3. The SMILES string of the molecule is COCC(O)CN(C)c1nc(C)nc(Cl)c1C=O. The maximum absolute atomic E-state index is 11.0. The lowest BCUT2D eigenvalue weighted by Crippen LogP contribution is -2.33. The van der Waals surface area contributed by atoms with E-state index in [0.29, 0.717) is 17.9 Å². The van der Waals surface area contributed by atoms with Crippen molar-refractivity contribution in [2.24, 2.45) is 0 Å². The Balaban J connectivity index is 2.97. The third-order valence-electron chi connectivity index (χ3n) is 2.31. The zero-order chi connectivity index (χ0) is 13.7. The number of anilines is 1. The Morgan fingerprint density at radius 2 is 2.22 bits per heavy atom. The summed E-state index contributed by atoms with van der Waals surface area (Å²) >= 11 is 5.88. The minimum atomic E-state index is -0.673. The van der Waals surface area contributed by atoms with Crippen LogP contribution in [0.25, 0.3) is 0 Å². The zero-order valence-corrected chi connectivity index (χ0v) is 11.3. The van der Waals surface area contributed by atoms with Crippen LogP contribution in [-0.2, 0) is 4.74 Å². The van der Waals surface area contributed by atoms with E-state index < -0.39 is 6.10 Å². The van der Waals surface area contributed by atoms with E-state index in [9.17, 15) is 9.90 Å². The normalized spacial score (nSPS) is 12.3. The summed E-state index contributed by atoms with van der Waals surface area (Å²) in [6, 6.07) is 0. The molecule has 1 aromatic heterocycles. The van der Waals surface area contributed by atoms with Crippen molar-refractivity contribution in [3.05, 3.63) is 16.5 Å². The number of aldehydes is 1. The standard InChI is InChI=1S/C11H16ClN3O3/c1-7-13-10(12)9(5-16)11(14-7)15(2)4-8(17)6-18-3/h5,8,17H,4,6H2,1-3H3. The first-order chi connectivity index (χ1) is 8.49. The van der Waals surface area contributed by atoms with Gasteiger partial charge in [-0.05, 0) is 6.92 Å². The van der Waals surface area contributed by atoms with Crippen molar-refractivity contribution < 1.29 is 14.6 Å². The van der Waals surface area contributed by atoms with E-state index in [0.717, 1.165) is 0 Å². The first-order valence-electron chi connectivity index (χ1n) is 5.37. The lowest BCUT2D eigenvalue weighted by molar-refractivity contribution is 0.0694. The predicted octanol–water partition coefficient (Wildman–Crippen LogP) is 0.694. The maximum Gasteiger partial charge on any atom is 0.156 e. The molecule has 0 amide bonds. The van der Waals surface area contributed by atoms with Crippen LogP contribution in [0.2, 0.25) is 5.15 Å². The van der Waals surface area contributed by atoms with Gasteiger partial charge in [-0.2, -0.15) is 0 Å². The van der Waals surface area contributed by atoms with E-state index in [2.05, 4.69) is 9.97 Å². The van der Waals surface area contributed by atoms with Gasteiger partial charge in [-0.25, -0.2) is 9.97 Å². The number of halogens is 1. The minimum absolute atomic E-state index is 0.112. The second-order valence-electron chi connectivity index (χ2n) is 3.91. The number of ether oxygens (including phenoxy) is 1. The van der Waals surface area contributed by atoms with Gasteiger partial charge in [-0.15, -0.1) is 0 Å². The Morgan fingerprint density at radius 1 is 1.56 bits per heavy atom. The molecule has 0 aliphatic rings. The summed E-state index contributed by atoms with van der Waals surface area (Å²) in [5, 5.41) is 9.76. The average Bonchev–Trinajstić information content (AvgIpc) is 2.28. The van der Waals surface area contributed by atoms with Crippen molar-refractivity contribution in [3.8, 4) is 0 Å². The Labute approximate surface area is 111 Å². The van der Waals surface area contributed by atoms with Crippen LogP contribution < -0.4 is 4.90 Å². The fraction of sp³-hybridized carbons (Fsp3) is 0.545. The summed E-state index contributed by atoms with van der Waals surface area (Å²) in [5.41, 5.74) is 0.217. The number of hydrogen-bond donors (Lipinski definition) is 1. The summed E-state index contributed by atoms with van der Waals surface area (Å²) in [5.74, 6) is 0.867. The number of carbonyl (C=O) groups excluding carboxylic acids is 1. The maximum atomic E-state index is 11.0. The molecule has 0 bridgehead atoms. The highest BCUT2D eigenvalue weighted by atomic mass is 35.5. The van der Waals surface area contributed by atoms with E-state index >= 15 is 0 Å². The lowest BCUT2D eigenvalue weighted by Gasteiger charge is -2.23. The summed E-state index contributed by atoms with van der Waals surface area (Å²) in [6.07, 6.45) is -0.0652. The molecule has 0 saturated heterocycles. The van der Waals surface area contributed by atoms with Crippen LogP contribution in [0.5, 0.6) is 0 Å². The van der Waals surface area contributed by atoms with Crippen LogP contribution in [0.3, 0.4) is 0 Å². The van der Waals surface area contributed by atoms with Crippen LogP contribution >= 0.6 is 11.6 Å². The Morgan fingerprint density at radius 3 is 2.78 bits per heavy atom. The Kier molecular flexibility index (Phi) is 5.46. The molecule has 0 aliphatic carbocycles. The molecule has 6 nitrogen and oxygen atoms in total. The molecule has 1 rings (SSSR count). The molecule has 1 unspecified atom stereocenters. The number of likely N-dealkylation sites (N-methyl/N-ethyl adjacent to an activating group) is 1. The number of aromatic nitrogens is 2. The van der Waals surface area contributed by atoms with E-state index in [1.165, 1.54) is 7.11 Å². The van der Waals surface area contributed by atoms with Gasteiger partial charge < -0.3 is 14.7 Å². The van der Waals surface area contributed by atoms with Gasteiger partial charge in [0.2, 0.25) is 0 Å². The van der Waals surface area contributed by atoms with Gasteiger partial charge in [0.1, 0.15) is 16.8 Å². The summed E-state index contributed by atoms with van der Waals surface area (Å²) < 4.78 is 4.84. The zero-order valence-electron chi connectivity index (χ0n) is 10.6. The lowest BCUT2D eigenvalue weighted by atomic mass is 10.3. The molecule has 100 valence electrons. The van der Waals surface area contributed by atoms with Gasteiger partial charge in [-0.1, -0.05) is 11.6 Å². The fourth-order valence-electron chi connectivity index (χ4n) is 1.57. The van der Waals surface area contributed by atoms with E-state index in [1.54, 1.807) is 18.9 Å². The molecular weight excluding hydrogens is 258 g/mol. The van der Waals surface area contributed by atoms with Crippen LogP contribution in [0, 0.1) is 6.92 Å². The van der Waals surface area contributed by atoms with Crippen molar-refractivity contribution >= 4 is 23.7 Å². The Bertz CT molecular complexity index is 428. The van der Waals surface area contributed by atoms with Gasteiger partial charge in [0.25, 0.3) is 0 Å². The number of aliphatic hydroxyl groups excluding tert-OH is 1. The quantitative estimate of drug-likeness (QED) is 0.607. The first kappa shape index (κ1) is 14.8. The van der Waals surface area contributed by atoms with E-state index in [-0.39, 0.29) is 23.9 Å². The van der Waals surface area contributed by atoms with Gasteiger partial charge in [0.15, 0.2) is 6.29 Å². The number of hydrogen-bond acceptors (Lipinski definition) is 6. The van der Waals surface area contributed by atoms with Crippen LogP contribution in [0.4, 0.5) is 5.82 Å². The molecular formula is C11H16ClN3O3. The second kappa shape index (κ2) is 6.63. The van der Waals surface area contributed by atoms with Gasteiger partial charge in [0, 0.05) is 20.7 Å². The van der Waals surface area contributed by atoms with Gasteiger partial charge in [0.05, 0.1) is 18.3 Å². The average molecular weight is 274 g/mol. The topological polar surface area (TPSA) is 75.6 Å². The highest BCUT2D eigenvalue weighted by molar-refractivity contribution is 6.32. The summed E-state index contributed by atoms with van der Waals surface area (Å²) in [6.45, 7) is 2.17. The monoisotopic (exact) mass is 273 g/mol. The van der Waals surface area contributed by atoms with Crippen molar-refractivity contribution in [2.45, 2.75) is 13.0 Å². The predicted molar refractivity (Wildman–Crippen MR) is 68.3 cm³/mol. The number of aliphatic hydroxyl groups is 1. The van der Waals surface area contributed by atoms with Crippen molar-refractivity contribution in [3.63, 3.8) is 0 Å². The molecule has 1 N–H and O–H groups in total. The molecule has 0 saturated carbocycles. The number of aryl methyl sites for hydroxylation is 1. The molecule has 1 heterocycles. The molecule has 0 spiro atoms. The molecule has 0 aliphatic heterocycles. The molecule has 18 heavy (non-hydrogen) atoms. The third-order valence-corrected chi connectivity index (χ3v) is 2.60. The highest BCUT2D eigenvalue weighted by Gasteiger charge is 2.17. The number of methoxy groups -OCH3 is 1. The largest absolute Gasteiger partial charge is 0.389 e. The molecule has 7 heteroatoms. The van der Waals surface area contributed by atoms with Crippen molar-refractivity contribution in [1.82, 2.24) is 9.97 Å². The summed E-state index contributed by atoms with van der Waals surface area (Å²) in [4.78, 5) is 20.7. The fourth-order valence-corrected chi connectivity index (χ4v) is 1.82. The van der Waals surface area contributed by atoms with Crippen molar-refractivity contribution in [1.29, 1.82) is 0 Å². The van der Waals surface area contributed by atoms with Gasteiger partial charge in [-0.3, -0.25) is 4.79 Å². The number of rotatable bonds is 6. The Hall–Kier alpha value is -1.24. The van der Waals surface area contributed by atoms with Crippen LogP contribution in [0.1, 0.15) is 16.2 Å². The van der Waals surface area contributed by atoms with E-state index in [1.807, 2.05) is 0 Å². The smallest absolute Gasteiger partial charge is 0.156 e. The minimum Gasteiger partial charge on any atom is -0.389 e. The highest BCUT2D eigenvalue weighted by Crippen LogP contribution is 2.21. The van der Waals surface area contributed by atoms with Crippen LogP contribution in [0.15, 0.2) is 0 Å². The van der Waals surface area contributed by atoms with E-state index in [4.69, 9.17) is 16.3 Å². The molecule has 1 atom stereocenters. The molecule has 0 radical (unpaired) electrons. The number of carbonyl (C=O) groups is 1. The second-order valence-corrected chi connectivity index (χ2v) is 4.26. The molecule has 0 aromatic carbocycles. The molecule has 1 aromatic rings. The summed E-state index contributed by atoms with van der Waals surface area (Å²) in [7, 11) is 3.22. The van der Waals surface area contributed by atoms with Crippen LogP contribution in [-0.4, -0.2) is 54.8 Å². The van der Waals surface area contributed by atoms with Gasteiger partial charge >= 0.3 is 0 Å².